The van der Waals surface area contributed by atoms with E-state index in [1.54, 1.807) is 11.9 Å². The smallest absolute Gasteiger partial charge is 0.322 e. The first-order chi connectivity index (χ1) is 15.8. The van der Waals surface area contributed by atoms with E-state index in [4.69, 9.17) is 5.11 Å². The summed E-state index contributed by atoms with van der Waals surface area (Å²) in [5.41, 5.74) is 1.54. The molecular weight excluding hydrogens is 420 g/mol. The Hall–Kier alpha value is -3.04. The van der Waals surface area contributed by atoms with E-state index in [9.17, 15) is 9.59 Å². The van der Waals surface area contributed by atoms with E-state index in [1.165, 1.54) is 22.9 Å². The number of hydrogen-bond acceptors (Lipinski definition) is 6. The molecule has 2 fully saturated rings. The fourth-order valence-electron chi connectivity index (χ4n) is 5.08. The zero-order chi connectivity index (χ0) is 23.6. The molecule has 9 nitrogen and oxygen atoms in total. The van der Waals surface area contributed by atoms with Gasteiger partial charge in [-0.2, -0.15) is 0 Å². The van der Waals surface area contributed by atoms with Gasteiger partial charge in [-0.05, 0) is 45.3 Å². The molecule has 2 aromatic rings. The standard InChI is InChI=1S/C24H32N6O3/c1-28(2)24(18-7-5-4-6-8-18)11-9-23(10-12-24)17-30(22(33)27-23)19-15-25-20(26-16-19)21(32)29(3)13-14-31/h4-8,15-16,31H,9-14,17H2,1-3H3,(H,27,33)/t23-,24+. The number of carbonyl (C=O) groups excluding carboxylic acids is 2. The number of benzene rings is 1. The number of rotatable bonds is 6. The maximum atomic E-state index is 12.9. The number of likely N-dealkylation sites (N-methyl/N-ethyl adjacent to an activating group) is 1. The van der Waals surface area contributed by atoms with Crippen LogP contribution in [0.25, 0.3) is 0 Å². The van der Waals surface area contributed by atoms with Gasteiger partial charge in [0.2, 0.25) is 5.82 Å². The Bertz CT molecular complexity index is 987. The first-order valence-electron chi connectivity index (χ1n) is 11.3. The van der Waals surface area contributed by atoms with E-state index < -0.39 is 0 Å². The molecule has 4 rings (SSSR count). The monoisotopic (exact) mass is 452 g/mol. The predicted octanol–water partition coefficient (Wildman–Crippen LogP) is 1.84. The number of carbonyl (C=O) groups is 2. The third-order valence-electron chi connectivity index (χ3n) is 7.20. The van der Waals surface area contributed by atoms with E-state index in [0.29, 0.717) is 12.2 Å². The molecule has 1 aliphatic heterocycles. The van der Waals surface area contributed by atoms with Gasteiger partial charge in [0, 0.05) is 19.1 Å². The van der Waals surface area contributed by atoms with Crippen molar-refractivity contribution in [2.24, 2.45) is 0 Å². The fourth-order valence-corrected chi connectivity index (χ4v) is 5.08. The molecule has 9 heteroatoms. The van der Waals surface area contributed by atoms with Crippen LogP contribution in [0, 0.1) is 0 Å². The number of aliphatic hydroxyl groups is 1. The predicted molar refractivity (Wildman–Crippen MR) is 125 cm³/mol. The third kappa shape index (κ3) is 4.30. The average Bonchev–Trinajstić information content (AvgIpc) is 3.15. The summed E-state index contributed by atoms with van der Waals surface area (Å²) in [6, 6.07) is 10.4. The summed E-state index contributed by atoms with van der Waals surface area (Å²) in [6.45, 7) is 0.624. The van der Waals surface area contributed by atoms with Crippen LogP contribution in [0.15, 0.2) is 42.7 Å². The lowest BCUT2D eigenvalue weighted by Crippen LogP contribution is -2.54. The molecule has 1 saturated heterocycles. The van der Waals surface area contributed by atoms with Crippen LogP contribution in [-0.2, 0) is 5.54 Å². The highest BCUT2D eigenvalue weighted by Crippen LogP contribution is 2.46. The number of urea groups is 1. The minimum absolute atomic E-state index is 0.0420. The Morgan fingerprint density at radius 3 is 2.30 bits per heavy atom. The summed E-state index contributed by atoms with van der Waals surface area (Å²) in [6.07, 6.45) is 6.65. The van der Waals surface area contributed by atoms with E-state index in [1.807, 2.05) is 6.07 Å². The van der Waals surface area contributed by atoms with Crippen LogP contribution in [0.3, 0.4) is 0 Å². The molecule has 2 aliphatic rings. The van der Waals surface area contributed by atoms with Gasteiger partial charge >= 0.3 is 6.03 Å². The summed E-state index contributed by atoms with van der Waals surface area (Å²) >= 11 is 0. The van der Waals surface area contributed by atoms with Crippen molar-refractivity contribution in [1.82, 2.24) is 25.1 Å². The second-order valence-electron chi connectivity index (χ2n) is 9.30. The van der Waals surface area contributed by atoms with Crippen molar-refractivity contribution in [1.29, 1.82) is 0 Å². The van der Waals surface area contributed by atoms with Gasteiger partial charge in [-0.3, -0.25) is 14.6 Å². The molecule has 1 aromatic carbocycles. The molecule has 0 unspecified atom stereocenters. The first kappa shape index (κ1) is 23.1. The third-order valence-corrected chi connectivity index (χ3v) is 7.20. The molecule has 2 heterocycles. The van der Waals surface area contributed by atoms with Crippen molar-refractivity contribution < 1.29 is 14.7 Å². The van der Waals surface area contributed by atoms with Gasteiger partial charge in [0.05, 0.1) is 36.8 Å². The Kier molecular flexibility index (Phi) is 6.36. The lowest BCUT2D eigenvalue weighted by molar-refractivity contribution is 0.0658. The minimum atomic E-state index is -0.369. The maximum absolute atomic E-state index is 12.9. The van der Waals surface area contributed by atoms with Gasteiger partial charge in [0.25, 0.3) is 5.91 Å². The van der Waals surface area contributed by atoms with Gasteiger partial charge in [0.1, 0.15) is 0 Å². The van der Waals surface area contributed by atoms with Gasteiger partial charge in [-0.1, -0.05) is 30.3 Å². The van der Waals surface area contributed by atoms with Gasteiger partial charge in [-0.25, -0.2) is 14.8 Å². The normalized spacial score (nSPS) is 24.9. The van der Waals surface area contributed by atoms with E-state index >= 15 is 0 Å². The van der Waals surface area contributed by atoms with Crippen LogP contribution in [0.4, 0.5) is 10.5 Å². The molecule has 0 radical (unpaired) electrons. The number of amides is 3. The lowest BCUT2D eigenvalue weighted by Gasteiger charge is -2.48. The number of nitrogens with one attached hydrogen (secondary N) is 1. The summed E-state index contributed by atoms with van der Waals surface area (Å²) in [5.74, 6) is -0.327. The zero-order valence-electron chi connectivity index (χ0n) is 19.5. The first-order valence-corrected chi connectivity index (χ1v) is 11.3. The van der Waals surface area contributed by atoms with Crippen molar-refractivity contribution in [3.05, 3.63) is 54.1 Å². The lowest BCUT2D eigenvalue weighted by atomic mass is 9.69. The molecule has 1 aromatic heterocycles. The van der Waals surface area contributed by atoms with Crippen molar-refractivity contribution in [2.45, 2.75) is 36.8 Å². The number of hydrogen-bond donors (Lipinski definition) is 2. The van der Waals surface area contributed by atoms with E-state index in [-0.39, 0.29) is 42.0 Å². The van der Waals surface area contributed by atoms with Crippen LogP contribution in [0.2, 0.25) is 0 Å². The van der Waals surface area contributed by atoms with Crippen molar-refractivity contribution in [3.63, 3.8) is 0 Å². The van der Waals surface area contributed by atoms with Gasteiger partial charge in [-0.15, -0.1) is 0 Å². The van der Waals surface area contributed by atoms with Gasteiger partial charge in [0.15, 0.2) is 0 Å². The van der Waals surface area contributed by atoms with Crippen molar-refractivity contribution >= 4 is 17.6 Å². The molecule has 0 bridgehead atoms. The molecule has 33 heavy (non-hydrogen) atoms. The second kappa shape index (κ2) is 9.07. The fraction of sp³-hybridized carbons (Fsp3) is 0.500. The minimum Gasteiger partial charge on any atom is -0.395 e. The van der Waals surface area contributed by atoms with Crippen LogP contribution in [-0.4, -0.2) is 83.2 Å². The SMILES string of the molecule is CN(CCO)C(=O)c1ncc(N2C[C@]3(CC[C@](c4ccccc4)(N(C)C)CC3)NC2=O)cn1. The second-order valence-corrected chi connectivity index (χ2v) is 9.30. The Balaban J connectivity index is 1.47. The van der Waals surface area contributed by atoms with Crippen LogP contribution in [0.5, 0.6) is 0 Å². The van der Waals surface area contributed by atoms with E-state index in [2.05, 4.69) is 58.5 Å². The highest BCUT2D eigenvalue weighted by atomic mass is 16.3. The molecule has 176 valence electrons. The van der Waals surface area contributed by atoms with Crippen LogP contribution >= 0.6 is 0 Å². The Labute approximate surface area is 194 Å². The molecule has 3 amide bonds. The Morgan fingerprint density at radius 2 is 1.73 bits per heavy atom. The molecule has 2 N–H and O–H groups in total. The van der Waals surface area contributed by atoms with E-state index in [0.717, 1.165) is 25.7 Å². The van der Waals surface area contributed by atoms with Crippen molar-refractivity contribution in [2.75, 3.05) is 45.7 Å². The molecular formula is C24H32N6O3. The highest BCUT2D eigenvalue weighted by molar-refractivity contribution is 5.95. The largest absolute Gasteiger partial charge is 0.395 e. The summed E-state index contributed by atoms with van der Waals surface area (Å²) < 4.78 is 0. The zero-order valence-corrected chi connectivity index (χ0v) is 19.5. The maximum Gasteiger partial charge on any atom is 0.322 e. The molecule has 1 spiro atoms. The Morgan fingerprint density at radius 1 is 1.09 bits per heavy atom. The summed E-state index contributed by atoms with van der Waals surface area (Å²) in [7, 11) is 5.84. The molecule has 0 atom stereocenters. The average molecular weight is 453 g/mol. The highest BCUT2D eigenvalue weighted by Gasteiger charge is 2.50. The molecule has 1 saturated carbocycles. The quantitative estimate of drug-likeness (QED) is 0.694. The number of aromatic nitrogens is 2. The van der Waals surface area contributed by atoms with Crippen molar-refractivity contribution in [3.8, 4) is 0 Å². The molecule has 1 aliphatic carbocycles. The van der Waals surface area contributed by atoms with Crippen LogP contribution in [0.1, 0.15) is 41.9 Å². The number of nitrogens with zero attached hydrogens (tertiary/aromatic N) is 5. The number of anilines is 1. The number of aliphatic hydroxyl groups excluding tert-OH is 1. The topological polar surface area (TPSA) is 102 Å². The summed E-state index contributed by atoms with van der Waals surface area (Å²) in [4.78, 5) is 38.8. The van der Waals surface area contributed by atoms with Gasteiger partial charge < -0.3 is 15.3 Å². The summed E-state index contributed by atoms with van der Waals surface area (Å²) in [5, 5.41) is 12.2. The van der Waals surface area contributed by atoms with Crippen LogP contribution < -0.4 is 10.2 Å².